The fraction of sp³-hybridized carbons (Fsp3) is 0.682. The largest absolute Gasteiger partial charge is 0.369 e. The molecule has 1 amide bonds. The highest BCUT2D eigenvalue weighted by Crippen LogP contribution is 2.30. The number of nitrogens with one attached hydrogen (secondary N) is 2. The van der Waals surface area contributed by atoms with Gasteiger partial charge in [0.1, 0.15) is 0 Å². The number of amides is 1. The molecule has 0 spiro atoms. The number of carbonyl (C=O) groups excluding carboxylic acids is 1. The Hall–Kier alpha value is -0.720. The Balaban J connectivity index is 0.00000150. The van der Waals surface area contributed by atoms with Crippen LogP contribution in [-0.4, -0.2) is 56.6 Å². The van der Waals surface area contributed by atoms with E-state index in [0.717, 1.165) is 57.3 Å². The molecule has 2 heterocycles. The van der Waals surface area contributed by atoms with Crippen molar-refractivity contribution >= 4 is 54.5 Å². The summed E-state index contributed by atoms with van der Waals surface area (Å²) in [5.74, 6) is 1.83. The highest BCUT2D eigenvalue weighted by Gasteiger charge is 2.26. The van der Waals surface area contributed by atoms with Gasteiger partial charge in [0.2, 0.25) is 5.91 Å². The summed E-state index contributed by atoms with van der Waals surface area (Å²) in [6, 6.07) is 8.38. The molecule has 0 aromatic heterocycles. The molecule has 30 heavy (non-hydrogen) atoms. The van der Waals surface area contributed by atoms with Crippen LogP contribution in [0, 0.1) is 11.8 Å². The Bertz CT molecular complexity index is 631. The molecule has 3 aliphatic rings. The molecule has 172 valence electrons. The van der Waals surface area contributed by atoms with Gasteiger partial charge in [-0.3, -0.25) is 9.69 Å². The van der Waals surface area contributed by atoms with E-state index in [1.807, 2.05) is 6.07 Å². The molecule has 3 fully saturated rings. The summed E-state index contributed by atoms with van der Waals surface area (Å²) in [4.78, 5) is 17.4. The Kier molecular flexibility index (Phi) is 12.4. The van der Waals surface area contributed by atoms with Crippen LogP contribution in [0.3, 0.4) is 0 Å². The van der Waals surface area contributed by atoms with Crippen LogP contribution in [0.1, 0.15) is 38.5 Å². The molecule has 1 aromatic rings. The van der Waals surface area contributed by atoms with Crippen LogP contribution in [0.25, 0.3) is 0 Å². The molecule has 1 aromatic carbocycles. The van der Waals surface area contributed by atoms with Crippen molar-refractivity contribution in [3.05, 3.63) is 24.3 Å². The van der Waals surface area contributed by atoms with E-state index in [9.17, 15) is 4.79 Å². The average Bonchev–Trinajstić information content (AvgIpc) is 3.52. The number of rotatable bonds is 7. The number of halogens is 3. The van der Waals surface area contributed by atoms with Gasteiger partial charge in [-0.15, -0.1) is 37.2 Å². The minimum Gasteiger partial charge on any atom is -0.369 e. The summed E-state index contributed by atoms with van der Waals surface area (Å²) in [6.45, 7) is 7.97. The number of benzene rings is 1. The van der Waals surface area contributed by atoms with Crippen LogP contribution in [0.2, 0.25) is 0 Å². The predicted molar refractivity (Wildman–Crippen MR) is 133 cm³/mol. The van der Waals surface area contributed by atoms with Crippen molar-refractivity contribution in [2.75, 3.05) is 56.0 Å². The molecule has 2 aliphatic heterocycles. The van der Waals surface area contributed by atoms with Crippen molar-refractivity contribution in [3.63, 3.8) is 0 Å². The molecule has 2 N–H and O–H groups in total. The van der Waals surface area contributed by atoms with Crippen molar-refractivity contribution in [1.29, 1.82) is 0 Å². The van der Waals surface area contributed by atoms with Gasteiger partial charge in [0.05, 0.1) is 0 Å². The van der Waals surface area contributed by atoms with Gasteiger partial charge in [-0.1, -0.05) is 6.07 Å². The van der Waals surface area contributed by atoms with Crippen molar-refractivity contribution in [2.24, 2.45) is 11.8 Å². The zero-order chi connectivity index (χ0) is 18.5. The molecule has 2 saturated heterocycles. The fourth-order valence-electron chi connectivity index (χ4n) is 4.36. The number of hydrogen-bond acceptors (Lipinski definition) is 4. The molecule has 0 bridgehead atoms. The predicted octanol–water partition coefficient (Wildman–Crippen LogP) is 4.20. The lowest BCUT2D eigenvalue weighted by Gasteiger charge is -2.36. The van der Waals surface area contributed by atoms with E-state index in [-0.39, 0.29) is 43.1 Å². The quantitative estimate of drug-likeness (QED) is 0.615. The number of piperazine rings is 1. The second kappa shape index (κ2) is 13.6. The third-order valence-electron chi connectivity index (χ3n) is 6.32. The van der Waals surface area contributed by atoms with Gasteiger partial charge in [0, 0.05) is 50.5 Å². The standard InChI is InChI=1S/C22H34N4O.3ClH/c27-22(7-6-18-8-10-23-11-9-18)24-20-2-1-3-21(16-20)26-14-12-25(13-15-26)17-19-4-5-19;;;/h1-3,16,18-19,23H,4-15,17H2,(H,24,27);3*1H. The smallest absolute Gasteiger partial charge is 0.224 e. The minimum absolute atomic E-state index is 0. The first-order chi connectivity index (χ1) is 13.3. The van der Waals surface area contributed by atoms with Gasteiger partial charge in [-0.05, 0) is 75.2 Å². The second-order valence-electron chi connectivity index (χ2n) is 8.56. The zero-order valence-corrected chi connectivity index (χ0v) is 20.1. The van der Waals surface area contributed by atoms with Gasteiger partial charge in [-0.25, -0.2) is 0 Å². The van der Waals surface area contributed by atoms with E-state index < -0.39 is 0 Å². The molecular formula is C22H37Cl3N4O. The third-order valence-corrected chi connectivity index (χ3v) is 6.32. The van der Waals surface area contributed by atoms with E-state index in [1.54, 1.807) is 0 Å². The van der Waals surface area contributed by atoms with E-state index in [2.05, 4.69) is 38.6 Å². The molecule has 0 unspecified atom stereocenters. The topological polar surface area (TPSA) is 47.6 Å². The van der Waals surface area contributed by atoms with Crippen molar-refractivity contribution < 1.29 is 4.79 Å². The Labute approximate surface area is 199 Å². The number of carbonyl (C=O) groups is 1. The summed E-state index contributed by atoms with van der Waals surface area (Å²) in [5.41, 5.74) is 2.17. The molecule has 1 saturated carbocycles. The minimum atomic E-state index is 0. The highest BCUT2D eigenvalue weighted by atomic mass is 35.5. The van der Waals surface area contributed by atoms with Gasteiger partial charge in [0.15, 0.2) is 0 Å². The van der Waals surface area contributed by atoms with Crippen LogP contribution >= 0.6 is 37.2 Å². The normalized spacial score (nSPS) is 19.8. The maximum Gasteiger partial charge on any atom is 0.224 e. The molecule has 1 aliphatic carbocycles. The monoisotopic (exact) mass is 478 g/mol. The number of anilines is 2. The van der Waals surface area contributed by atoms with Crippen LogP contribution in [0.5, 0.6) is 0 Å². The Morgan fingerprint density at radius 3 is 2.33 bits per heavy atom. The van der Waals surface area contributed by atoms with E-state index >= 15 is 0 Å². The summed E-state index contributed by atoms with van der Waals surface area (Å²) in [7, 11) is 0. The number of hydrogen-bond donors (Lipinski definition) is 2. The summed E-state index contributed by atoms with van der Waals surface area (Å²) >= 11 is 0. The maximum absolute atomic E-state index is 12.3. The van der Waals surface area contributed by atoms with E-state index in [4.69, 9.17) is 0 Å². The van der Waals surface area contributed by atoms with Gasteiger partial charge in [-0.2, -0.15) is 0 Å². The van der Waals surface area contributed by atoms with Gasteiger partial charge < -0.3 is 15.5 Å². The number of piperidine rings is 1. The lowest BCUT2D eigenvalue weighted by molar-refractivity contribution is -0.116. The van der Waals surface area contributed by atoms with Crippen molar-refractivity contribution in [1.82, 2.24) is 10.2 Å². The zero-order valence-electron chi connectivity index (χ0n) is 17.7. The second-order valence-corrected chi connectivity index (χ2v) is 8.56. The molecule has 0 atom stereocenters. The van der Waals surface area contributed by atoms with Crippen LogP contribution in [0.15, 0.2) is 24.3 Å². The van der Waals surface area contributed by atoms with Crippen LogP contribution in [-0.2, 0) is 4.79 Å². The van der Waals surface area contributed by atoms with Crippen molar-refractivity contribution in [2.45, 2.75) is 38.5 Å². The van der Waals surface area contributed by atoms with E-state index in [1.165, 1.54) is 37.9 Å². The Morgan fingerprint density at radius 1 is 0.967 bits per heavy atom. The van der Waals surface area contributed by atoms with Gasteiger partial charge >= 0.3 is 0 Å². The molecular weight excluding hydrogens is 443 g/mol. The summed E-state index contributed by atoms with van der Waals surface area (Å²) in [6.07, 6.45) is 6.91. The molecule has 4 rings (SSSR count). The van der Waals surface area contributed by atoms with Gasteiger partial charge in [0.25, 0.3) is 0 Å². The molecule has 8 heteroatoms. The van der Waals surface area contributed by atoms with Crippen LogP contribution in [0.4, 0.5) is 11.4 Å². The highest BCUT2D eigenvalue weighted by molar-refractivity contribution is 5.91. The fourth-order valence-corrected chi connectivity index (χ4v) is 4.36. The third kappa shape index (κ3) is 8.43. The van der Waals surface area contributed by atoms with Crippen LogP contribution < -0.4 is 15.5 Å². The summed E-state index contributed by atoms with van der Waals surface area (Å²) < 4.78 is 0. The lowest BCUT2D eigenvalue weighted by atomic mass is 9.93. The first-order valence-electron chi connectivity index (χ1n) is 10.8. The number of nitrogens with zero attached hydrogens (tertiary/aromatic N) is 2. The van der Waals surface area contributed by atoms with E-state index in [0.29, 0.717) is 12.3 Å². The summed E-state index contributed by atoms with van der Waals surface area (Å²) in [5, 5.41) is 6.50. The molecule has 5 nitrogen and oxygen atoms in total. The lowest BCUT2D eigenvalue weighted by Crippen LogP contribution is -2.47. The average molecular weight is 480 g/mol. The van der Waals surface area contributed by atoms with Crippen molar-refractivity contribution in [3.8, 4) is 0 Å². The SMILES string of the molecule is Cl.Cl.Cl.O=C(CCC1CCNCC1)Nc1cccc(N2CCN(CC3CC3)CC2)c1. The first-order valence-corrected chi connectivity index (χ1v) is 10.8. The maximum atomic E-state index is 12.3. The molecule has 0 radical (unpaired) electrons. The first kappa shape index (κ1) is 27.3. The Morgan fingerprint density at radius 2 is 1.67 bits per heavy atom.